The molecule has 6 heteroatoms. The molecule has 1 aromatic rings. The van der Waals surface area contributed by atoms with Gasteiger partial charge in [-0.05, 0) is 12.1 Å². The summed E-state index contributed by atoms with van der Waals surface area (Å²) >= 11 is 0. The van der Waals surface area contributed by atoms with Crippen LogP contribution in [0.2, 0.25) is 0 Å². The minimum atomic E-state index is -1.05. The van der Waals surface area contributed by atoms with E-state index in [-0.39, 0.29) is 5.84 Å². The van der Waals surface area contributed by atoms with Crippen LogP contribution in [-0.2, 0) is 9.59 Å². The first-order valence-electron chi connectivity index (χ1n) is 5.70. The number of hydrogen-bond acceptors (Lipinski definition) is 4. The van der Waals surface area contributed by atoms with Gasteiger partial charge in [0.2, 0.25) is 5.91 Å². The topological polar surface area (TPSA) is 70.0 Å². The van der Waals surface area contributed by atoms with E-state index in [2.05, 4.69) is 4.99 Å². The maximum atomic E-state index is 12.2. The summed E-state index contributed by atoms with van der Waals surface area (Å²) in [5, 5.41) is 0. The van der Waals surface area contributed by atoms with Crippen molar-refractivity contribution >= 4 is 29.7 Å². The van der Waals surface area contributed by atoms with Crippen LogP contribution in [0, 0.1) is 5.92 Å². The van der Waals surface area contributed by atoms with Crippen LogP contribution in [0.3, 0.4) is 0 Å². The van der Waals surface area contributed by atoms with Crippen molar-refractivity contribution in [3.05, 3.63) is 30.3 Å². The Hall–Kier alpha value is -2.50. The van der Waals surface area contributed by atoms with Crippen molar-refractivity contribution in [3.8, 4) is 0 Å². The summed E-state index contributed by atoms with van der Waals surface area (Å²) in [6.07, 6.45) is 0.504. The maximum absolute atomic E-state index is 12.2. The average molecular weight is 259 g/mol. The van der Waals surface area contributed by atoms with Crippen LogP contribution < -0.4 is 4.90 Å². The van der Waals surface area contributed by atoms with E-state index >= 15 is 0 Å². The molecule has 0 aromatic heterocycles. The Kier molecular flexibility index (Phi) is 3.41. The van der Waals surface area contributed by atoms with Gasteiger partial charge in [0.1, 0.15) is 12.1 Å². The van der Waals surface area contributed by atoms with Crippen molar-refractivity contribution in [2.24, 2.45) is 10.9 Å². The first kappa shape index (κ1) is 12.9. The van der Waals surface area contributed by atoms with Gasteiger partial charge >= 0.3 is 6.03 Å². The van der Waals surface area contributed by atoms with E-state index in [1.54, 1.807) is 24.3 Å². The molecular formula is C13H13N3O3. The van der Waals surface area contributed by atoms with E-state index in [9.17, 15) is 14.4 Å². The number of aliphatic imine (C=N–C) groups is 1. The van der Waals surface area contributed by atoms with Crippen LogP contribution in [0.5, 0.6) is 0 Å². The number of anilines is 1. The predicted octanol–water partition coefficient (Wildman–Crippen LogP) is 0.928. The lowest BCUT2D eigenvalue weighted by Crippen LogP contribution is -2.59. The molecule has 0 radical (unpaired) electrons. The second-order valence-electron chi connectivity index (χ2n) is 4.05. The quantitative estimate of drug-likeness (QED) is 0.586. The first-order chi connectivity index (χ1) is 9.11. The SMILES string of the molecule is CN=C1C(C=O)C(=O)N(C)C(=O)N1c1ccccc1. The monoisotopic (exact) mass is 259 g/mol. The Morgan fingerprint density at radius 1 is 1.21 bits per heavy atom. The van der Waals surface area contributed by atoms with Gasteiger partial charge in [0.25, 0.3) is 0 Å². The van der Waals surface area contributed by atoms with E-state index in [1.807, 2.05) is 6.07 Å². The van der Waals surface area contributed by atoms with E-state index in [0.717, 1.165) is 4.90 Å². The number of carbonyl (C=O) groups excluding carboxylic acids is 3. The Balaban J connectivity index is 2.54. The maximum Gasteiger partial charge on any atom is 0.336 e. The van der Waals surface area contributed by atoms with Crippen LogP contribution in [0.15, 0.2) is 35.3 Å². The van der Waals surface area contributed by atoms with Gasteiger partial charge in [-0.1, -0.05) is 18.2 Å². The lowest BCUT2D eigenvalue weighted by Gasteiger charge is -2.35. The van der Waals surface area contributed by atoms with Crippen LogP contribution in [0.4, 0.5) is 10.5 Å². The molecule has 98 valence electrons. The van der Waals surface area contributed by atoms with Gasteiger partial charge in [0.15, 0.2) is 5.92 Å². The fourth-order valence-corrected chi connectivity index (χ4v) is 1.98. The highest BCUT2D eigenvalue weighted by Gasteiger charge is 2.42. The highest BCUT2D eigenvalue weighted by Crippen LogP contribution is 2.23. The van der Waals surface area contributed by atoms with E-state index in [1.165, 1.54) is 19.0 Å². The zero-order valence-corrected chi connectivity index (χ0v) is 10.6. The van der Waals surface area contributed by atoms with Gasteiger partial charge in [0, 0.05) is 14.1 Å². The Bertz CT molecular complexity index is 554. The Morgan fingerprint density at radius 2 is 1.84 bits per heavy atom. The average Bonchev–Trinajstić information content (AvgIpc) is 2.45. The molecule has 1 aliphatic heterocycles. The molecule has 0 bridgehead atoms. The summed E-state index contributed by atoms with van der Waals surface area (Å²) in [5.74, 6) is -1.46. The number of amides is 3. The number of amidine groups is 1. The zero-order valence-electron chi connectivity index (χ0n) is 10.6. The number of urea groups is 1. The summed E-state index contributed by atoms with van der Waals surface area (Å²) in [6.45, 7) is 0. The van der Waals surface area contributed by atoms with Crippen LogP contribution in [0.25, 0.3) is 0 Å². The van der Waals surface area contributed by atoms with Crippen molar-refractivity contribution < 1.29 is 14.4 Å². The number of rotatable bonds is 2. The summed E-state index contributed by atoms with van der Waals surface area (Å²) < 4.78 is 0. The molecule has 1 heterocycles. The van der Waals surface area contributed by atoms with Crippen molar-refractivity contribution in [2.75, 3.05) is 19.0 Å². The van der Waals surface area contributed by atoms with Crippen molar-refractivity contribution in [1.29, 1.82) is 0 Å². The van der Waals surface area contributed by atoms with Crippen LogP contribution >= 0.6 is 0 Å². The number of para-hydroxylation sites is 1. The summed E-state index contributed by atoms with van der Waals surface area (Å²) in [6, 6.07) is 8.26. The molecule has 1 aromatic carbocycles. The third kappa shape index (κ3) is 2.01. The van der Waals surface area contributed by atoms with Gasteiger partial charge < -0.3 is 4.79 Å². The third-order valence-corrected chi connectivity index (χ3v) is 2.96. The molecule has 1 unspecified atom stereocenters. The number of carbonyl (C=O) groups is 3. The molecule has 0 N–H and O–H groups in total. The van der Waals surface area contributed by atoms with E-state index < -0.39 is 17.9 Å². The van der Waals surface area contributed by atoms with Gasteiger partial charge in [0.05, 0.1) is 5.69 Å². The molecule has 2 rings (SSSR count). The zero-order chi connectivity index (χ0) is 14.0. The first-order valence-corrected chi connectivity index (χ1v) is 5.70. The fraction of sp³-hybridized carbons (Fsp3) is 0.231. The van der Waals surface area contributed by atoms with E-state index in [0.29, 0.717) is 12.0 Å². The smallest absolute Gasteiger partial charge is 0.302 e. The summed E-state index contributed by atoms with van der Waals surface area (Å²) in [4.78, 5) is 41.3. The summed E-state index contributed by atoms with van der Waals surface area (Å²) in [7, 11) is 2.80. The van der Waals surface area contributed by atoms with Crippen molar-refractivity contribution in [3.63, 3.8) is 0 Å². The molecule has 6 nitrogen and oxygen atoms in total. The van der Waals surface area contributed by atoms with Crippen molar-refractivity contribution in [1.82, 2.24) is 4.90 Å². The minimum Gasteiger partial charge on any atom is -0.302 e. The summed E-state index contributed by atoms with van der Waals surface area (Å²) in [5.41, 5.74) is 0.569. The third-order valence-electron chi connectivity index (χ3n) is 2.96. The molecular weight excluding hydrogens is 246 g/mol. The number of hydrogen-bond donors (Lipinski definition) is 0. The second-order valence-corrected chi connectivity index (χ2v) is 4.05. The largest absolute Gasteiger partial charge is 0.336 e. The lowest BCUT2D eigenvalue weighted by molar-refractivity contribution is -0.132. The van der Waals surface area contributed by atoms with Gasteiger partial charge in [-0.15, -0.1) is 0 Å². The number of benzene rings is 1. The molecule has 0 aliphatic carbocycles. The predicted molar refractivity (Wildman–Crippen MR) is 70.0 cm³/mol. The Labute approximate surface area is 110 Å². The number of imide groups is 1. The normalized spacial score (nSPS) is 22.0. The van der Waals surface area contributed by atoms with Crippen LogP contribution in [0.1, 0.15) is 0 Å². The number of aldehydes is 1. The highest BCUT2D eigenvalue weighted by molar-refractivity contribution is 6.33. The molecule has 1 atom stereocenters. The molecule has 1 aliphatic rings. The fourth-order valence-electron chi connectivity index (χ4n) is 1.98. The molecule has 1 saturated heterocycles. The molecule has 19 heavy (non-hydrogen) atoms. The van der Waals surface area contributed by atoms with Gasteiger partial charge in [-0.25, -0.2) is 9.69 Å². The lowest BCUT2D eigenvalue weighted by atomic mass is 10.0. The number of nitrogens with zero attached hydrogens (tertiary/aromatic N) is 3. The van der Waals surface area contributed by atoms with Crippen molar-refractivity contribution in [2.45, 2.75) is 0 Å². The highest BCUT2D eigenvalue weighted by atomic mass is 16.2. The van der Waals surface area contributed by atoms with Gasteiger partial charge in [-0.3, -0.25) is 14.7 Å². The Morgan fingerprint density at radius 3 is 2.37 bits per heavy atom. The van der Waals surface area contributed by atoms with Crippen LogP contribution in [-0.4, -0.2) is 43.1 Å². The van der Waals surface area contributed by atoms with Gasteiger partial charge in [-0.2, -0.15) is 0 Å². The van der Waals surface area contributed by atoms with E-state index in [4.69, 9.17) is 0 Å². The molecule has 1 fully saturated rings. The molecule has 3 amide bonds. The second kappa shape index (κ2) is 5.01. The minimum absolute atomic E-state index is 0.148. The standard InChI is InChI=1S/C13H13N3O3/c1-14-11-10(8-17)12(18)15(2)13(19)16(11)9-6-4-3-5-7-9/h3-8,10H,1-2H3. The molecule has 0 spiro atoms. The molecule has 0 saturated carbocycles.